The second-order valence-electron chi connectivity index (χ2n) is 3.02. The second kappa shape index (κ2) is 5.02. The first-order valence-corrected chi connectivity index (χ1v) is 5.92. The Bertz CT molecular complexity index is 294. The molecule has 0 spiro atoms. The standard InChI is InChI=1S/C11H14BrCl/c1-3-8-5-6-9(7-13)10(4-2)11(8)12/h5-6H,3-4,7H2,1-2H3. The van der Waals surface area contributed by atoms with Gasteiger partial charge >= 0.3 is 0 Å². The summed E-state index contributed by atoms with van der Waals surface area (Å²) >= 11 is 9.49. The van der Waals surface area contributed by atoms with E-state index in [9.17, 15) is 0 Å². The molecule has 0 heterocycles. The number of benzene rings is 1. The van der Waals surface area contributed by atoms with E-state index in [1.807, 2.05) is 0 Å². The summed E-state index contributed by atoms with van der Waals surface area (Å²) < 4.78 is 1.25. The third-order valence-corrected chi connectivity index (χ3v) is 3.57. The smallest absolute Gasteiger partial charge is 0.0477 e. The second-order valence-corrected chi connectivity index (χ2v) is 4.08. The molecule has 0 aliphatic rings. The van der Waals surface area contributed by atoms with Crippen LogP contribution < -0.4 is 0 Å². The van der Waals surface area contributed by atoms with Gasteiger partial charge in [0.1, 0.15) is 0 Å². The first-order chi connectivity index (χ1) is 6.24. The van der Waals surface area contributed by atoms with Crippen molar-refractivity contribution in [1.29, 1.82) is 0 Å². The Morgan fingerprint density at radius 1 is 1.15 bits per heavy atom. The van der Waals surface area contributed by atoms with Crippen LogP contribution in [0.3, 0.4) is 0 Å². The van der Waals surface area contributed by atoms with Gasteiger partial charge in [-0.1, -0.05) is 41.9 Å². The highest BCUT2D eigenvalue weighted by Crippen LogP contribution is 2.27. The first-order valence-electron chi connectivity index (χ1n) is 4.59. The van der Waals surface area contributed by atoms with Gasteiger partial charge in [-0.3, -0.25) is 0 Å². The maximum Gasteiger partial charge on any atom is 0.0477 e. The molecule has 0 aliphatic carbocycles. The number of hydrogen-bond donors (Lipinski definition) is 0. The molecule has 0 nitrogen and oxygen atoms in total. The van der Waals surface area contributed by atoms with Gasteiger partial charge in [-0.15, -0.1) is 11.6 Å². The molecule has 1 rings (SSSR count). The van der Waals surface area contributed by atoms with E-state index in [0.717, 1.165) is 12.8 Å². The fraction of sp³-hybridized carbons (Fsp3) is 0.455. The highest BCUT2D eigenvalue weighted by Gasteiger charge is 2.07. The van der Waals surface area contributed by atoms with Crippen LogP contribution in [0.25, 0.3) is 0 Å². The maximum atomic E-state index is 5.86. The molecular formula is C11H14BrCl. The molecule has 0 atom stereocenters. The quantitative estimate of drug-likeness (QED) is 0.711. The lowest BCUT2D eigenvalue weighted by Gasteiger charge is -2.11. The molecule has 0 saturated heterocycles. The summed E-state index contributed by atoms with van der Waals surface area (Å²) in [6.07, 6.45) is 2.10. The predicted molar refractivity (Wildman–Crippen MR) is 62.5 cm³/mol. The van der Waals surface area contributed by atoms with Gasteiger partial charge in [0.2, 0.25) is 0 Å². The van der Waals surface area contributed by atoms with Gasteiger partial charge in [-0.05, 0) is 29.5 Å². The Balaban J connectivity index is 3.23. The van der Waals surface area contributed by atoms with E-state index in [0.29, 0.717) is 5.88 Å². The number of aryl methyl sites for hydroxylation is 1. The lowest BCUT2D eigenvalue weighted by Crippen LogP contribution is -1.95. The molecule has 1 aromatic carbocycles. The van der Waals surface area contributed by atoms with Gasteiger partial charge in [0, 0.05) is 10.4 Å². The van der Waals surface area contributed by atoms with Crippen molar-refractivity contribution in [2.75, 3.05) is 0 Å². The summed E-state index contributed by atoms with van der Waals surface area (Å²) in [6.45, 7) is 4.33. The molecule has 0 unspecified atom stereocenters. The number of rotatable bonds is 3. The molecule has 0 fully saturated rings. The number of hydrogen-bond acceptors (Lipinski definition) is 0. The monoisotopic (exact) mass is 260 g/mol. The molecular weight excluding hydrogens is 247 g/mol. The van der Waals surface area contributed by atoms with E-state index in [2.05, 4.69) is 41.9 Å². The van der Waals surface area contributed by atoms with E-state index in [-0.39, 0.29) is 0 Å². The Labute approximate surface area is 93.4 Å². The molecule has 0 radical (unpaired) electrons. The van der Waals surface area contributed by atoms with E-state index in [1.54, 1.807) is 0 Å². The van der Waals surface area contributed by atoms with E-state index < -0.39 is 0 Å². The Kier molecular flexibility index (Phi) is 4.27. The van der Waals surface area contributed by atoms with E-state index >= 15 is 0 Å². The van der Waals surface area contributed by atoms with Gasteiger partial charge in [0.25, 0.3) is 0 Å². The van der Waals surface area contributed by atoms with Crippen molar-refractivity contribution in [3.8, 4) is 0 Å². The summed E-state index contributed by atoms with van der Waals surface area (Å²) in [5.41, 5.74) is 3.97. The highest BCUT2D eigenvalue weighted by atomic mass is 79.9. The van der Waals surface area contributed by atoms with Crippen molar-refractivity contribution in [3.63, 3.8) is 0 Å². The van der Waals surface area contributed by atoms with Gasteiger partial charge in [-0.2, -0.15) is 0 Å². The Morgan fingerprint density at radius 3 is 2.23 bits per heavy atom. The third-order valence-electron chi connectivity index (χ3n) is 2.30. The van der Waals surface area contributed by atoms with E-state index in [4.69, 9.17) is 11.6 Å². The fourth-order valence-electron chi connectivity index (χ4n) is 1.49. The average molecular weight is 262 g/mol. The molecule has 0 saturated carbocycles. The van der Waals surface area contributed by atoms with Crippen LogP contribution in [0.5, 0.6) is 0 Å². The zero-order valence-electron chi connectivity index (χ0n) is 8.03. The summed E-state index contributed by atoms with van der Waals surface area (Å²) in [6, 6.07) is 4.29. The molecule has 72 valence electrons. The largest absolute Gasteiger partial charge is 0.122 e. The minimum atomic E-state index is 0.603. The predicted octanol–water partition coefficient (Wildman–Crippen LogP) is 4.31. The van der Waals surface area contributed by atoms with Crippen molar-refractivity contribution < 1.29 is 0 Å². The van der Waals surface area contributed by atoms with Crippen LogP contribution in [0.15, 0.2) is 16.6 Å². The van der Waals surface area contributed by atoms with Crippen molar-refractivity contribution >= 4 is 27.5 Å². The minimum absolute atomic E-state index is 0.603. The van der Waals surface area contributed by atoms with Gasteiger partial charge < -0.3 is 0 Å². The van der Waals surface area contributed by atoms with Crippen LogP contribution in [0, 0.1) is 0 Å². The zero-order chi connectivity index (χ0) is 9.84. The number of alkyl halides is 1. The highest BCUT2D eigenvalue weighted by molar-refractivity contribution is 9.10. The van der Waals surface area contributed by atoms with Crippen molar-refractivity contribution in [3.05, 3.63) is 33.3 Å². The van der Waals surface area contributed by atoms with E-state index in [1.165, 1.54) is 21.2 Å². The molecule has 0 aliphatic heterocycles. The van der Waals surface area contributed by atoms with Crippen LogP contribution in [0.4, 0.5) is 0 Å². The number of halogens is 2. The zero-order valence-corrected chi connectivity index (χ0v) is 10.4. The van der Waals surface area contributed by atoms with Gasteiger partial charge in [0.05, 0.1) is 0 Å². The lowest BCUT2D eigenvalue weighted by atomic mass is 10.0. The van der Waals surface area contributed by atoms with Crippen molar-refractivity contribution in [2.24, 2.45) is 0 Å². The molecule has 1 aromatic rings. The average Bonchev–Trinajstić information content (AvgIpc) is 2.17. The molecule has 0 aromatic heterocycles. The van der Waals surface area contributed by atoms with Crippen LogP contribution in [-0.4, -0.2) is 0 Å². The van der Waals surface area contributed by atoms with Crippen molar-refractivity contribution in [2.45, 2.75) is 32.6 Å². The Morgan fingerprint density at radius 2 is 1.77 bits per heavy atom. The summed E-state index contributed by atoms with van der Waals surface area (Å²) in [7, 11) is 0. The first kappa shape index (κ1) is 11.1. The van der Waals surface area contributed by atoms with Crippen LogP contribution >= 0.6 is 27.5 Å². The normalized spacial score (nSPS) is 10.5. The summed E-state index contributed by atoms with van der Waals surface area (Å²) in [5, 5.41) is 0. The Hall–Kier alpha value is -0.0100. The van der Waals surface area contributed by atoms with Gasteiger partial charge in [-0.25, -0.2) is 0 Å². The van der Waals surface area contributed by atoms with Crippen molar-refractivity contribution in [1.82, 2.24) is 0 Å². The fourth-order valence-corrected chi connectivity index (χ4v) is 2.69. The SMILES string of the molecule is CCc1ccc(CCl)c(CC)c1Br. The summed E-state index contributed by atoms with van der Waals surface area (Å²) in [4.78, 5) is 0. The van der Waals surface area contributed by atoms with Crippen LogP contribution in [0.2, 0.25) is 0 Å². The third kappa shape index (κ3) is 2.26. The lowest BCUT2D eigenvalue weighted by molar-refractivity contribution is 1.04. The van der Waals surface area contributed by atoms with Crippen LogP contribution in [-0.2, 0) is 18.7 Å². The minimum Gasteiger partial charge on any atom is -0.122 e. The summed E-state index contributed by atoms with van der Waals surface area (Å²) in [5.74, 6) is 0.603. The molecule has 0 N–H and O–H groups in total. The molecule has 0 bridgehead atoms. The van der Waals surface area contributed by atoms with Crippen LogP contribution in [0.1, 0.15) is 30.5 Å². The van der Waals surface area contributed by atoms with Gasteiger partial charge in [0.15, 0.2) is 0 Å². The maximum absolute atomic E-state index is 5.86. The molecule has 13 heavy (non-hydrogen) atoms. The molecule has 0 amide bonds. The topological polar surface area (TPSA) is 0 Å². The molecule has 2 heteroatoms.